The van der Waals surface area contributed by atoms with Gasteiger partial charge in [-0.3, -0.25) is 4.79 Å². The van der Waals surface area contributed by atoms with Gasteiger partial charge in [0.1, 0.15) is 5.69 Å². The van der Waals surface area contributed by atoms with E-state index in [0.29, 0.717) is 16.7 Å². The van der Waals surface area contributed by atoms with Gasteiger partial charge in [0.15, 0.2) is 5.78 Å². The van der Waals surface area contributed by atoms with Crippen molar-refractivity contribution in [2.45, 2.75) is 6.92 Å². The molecule has 0 atom stereocenters. The molecule has 4 heteroatoms. The molecule has 0 saturated carbocycles. The van der Waals surface area contributed by atoms with Crippen LogP contribution in [0.1, 0.15) is 17.4 Å². The van der Waals surface area contributed by atoms with E-state index in [0.717, 1.165) is 0 Å². The maximum absolute atomic E-state index is 11.0. The number of rotatable bonds is 1. The molecule has 0 saturated heterocycles. The van der Waals surface area contributed by atoms with Crippen LogP contribution in [0.5, 0.6) is 5.88 Å². The van der Waals surface area contributed by atoms with Crippen LogP contribution >= 0.6 is 0 Å². The summed E-state index contributed by atoms with van der Waals surface area (Å²) in [6, 6.07) is 6.33. The van der Waals surface area contributed by atoms with Crippen molar-refractivity contribution in [2.24, 2.45) is 0 Å². The number of Topliss-reactive ketones (excluding diaryl/α,β-unsaturated/α-hetero) is 1. The lowest BCUT2D eigenvalue weighted by atomic mass is 10.2. The van der Waals surface area contributed by atoms with E-state index in [-0.39, 0.29) is 11.7 Å². The maximum atomic E-state index is 11.0. The van der Waals surface area contributed by atoms with E-state index >= 15 is 0 Å². The van der Waals surface area contributed by atoms with E-state index in [4.69, 9.17) is 5.11 Å². The molecule has 2 aromatic rings. The van der Waals surface area contributed by atoms with E-state index in [9.17, 15) is 4.79 Å². The van der Waals surface area contributed by atoms with E-state index < -0.39 is 0 Å². The minimum absolute atomic E-state index is 0.0464. The van der Waals surface area contributed by atoms with Crippen LogP contribution in [0.2, 0.25) is 0 Å². The van der Waals surface area contributed by atoms with E-state index in [1.807, 2.05) is 0 Å². The minimum Gasteiger partial charge on any atom is -0.493 e. The summed E-state index contributed by atoms with van der Waals surface area (Å²) in [6.07, 6.45) is 0. The Labute approximate surface area is 80.2 Å². The average Bonchev–Trinajstić information content (AvgIpc) is 2.16. The number of carbonyl (C=O) groups excluding carboxylic acids is 1. The van der Waals surface area contributed by atoms with E-state index in [1.54, 1.807) is 18.2 Å². The third-order valence-corrected chi connectivity index (χ3v) is 1.89. The van der Waals surface area contributed by atoms with Crippen molar-refractivity contribution in [2.75, 3.05) is 0 Å². The number of aromatic hydroxyl groups is 1. The van der Waals surface area contributed by atoms with Crippen molar-refractivity contribution in [3.63, 3.8) is 0 Å². The summed E-state index contributed by atoms with van der Waals surface area (Å²) in [6.45, 7) is 1.46. The van der Waals surface area contributed by atoms with Gasteiger partial charge >= 0.3 is 0 Å². The van der Waals surface area contributed by atoms with Crippen LogP contribution in [0.4, 0.5) is 0 Å². The van der Waals surface area contributed by atoms with Crippen LogP contribution < -0.4 is 0 Å². The minimum atomic E-state index is -0.0834. The number of carbonyl (C=O) groups is 1. The number of ketones is 1. The molecule has 0 bridgehead atoms. The number of hydrogen-bond acceptors (Lipinski definition) is 4. The molecule has 0 radical (unpaired) electrons. The fraction of sp³-hybridized carbons (Fsp3) is 0.100. The number of aromatic nitrogens is 2. The molecule has 0 amide bonds. The molecule has 0 aliphatic heterocycles. The highest BCUT2D eigenvalue weighted by Gasteiger charge is 2.03. The second-order valence-electron chi connectivity index (χ2n) is 2.96. The average molecular weight is 188 g/mol. The van der Waals surface area contributed by atoms with Crippen LogP contribution in [-0.4, -0.2) is 20.9 Å². The highest BCUT2D eigenvalue weighted by Crippen LogP contribution is 2.14. The van der Waals surface area contributed by atoms with Gasteiger partial charge in [-0.1, -0.05) is 0 Å². The normalized spacial score (nSPS) is 10.4. The van der Waals surface area contributed by atoms with Crippen LogP contribution in [0.25, 0.3) is 11.0 Å². The molecule has 0 aromatic carbocycles. The zero-order valence-corrected chi connectivity index (χ0v) is 7.56. The maximum Gasteiger partial charge on any atom is 0.211 e. The molecular formula is C10H8N2O2. The summed E-state index contributed by atoms with van der Waals surface area (Å²) in [5.41, 5.74) is 1.59. The van der Waals surface area contributed by atoms with Gasteiger partial charge in [0.05, 0.1) is 11.0 Å². The van der Waals surface area contributed by atoms with Gasteiger partial charge in [0, 0.05) is 13.0 Å². The Morgan fingerprint density at radius 3 is 2.50 bits per heavy atom. The lowest BCUT2D eigenvalue weighted by molar-refractivity contribution is 0.101. The molecule has 2 rings (SSSR count). The Morgan fingerprint density at radius 2 is 1.79 bits per heavy atom. The molecule has 0 spiro atoms. The zero-order chi connectivity index (χ0) is 10.1. The first-order valence-electron chi connectivity index (χ1n) is 4.14. The highest BCUT2D eigenvalue weighted by molar-refractivity contribution is 5.94. The Morgan fingerprint density at radius 1 is 1.14 bits per heavy atom. The lowest BCUT2D eigenvalue weighted by Crippen LogP contribution is -1.96. The third-order valence-electron chi connectivity index (χ3n) is 1.89. The van der Waals surface area contributed by atoms with E-state index in [1.165, 1.54) is 13.0 Å². The Bertz CT molecular complexity index is 508. The van der Waals surface area contributed by atoms with Gasteiger partial charge in [0.2, 0.25) is 5.88 Å². The number of nitrogens with zero attached hydrogens (tertiary/aromatic N) is 2. The fourth-order valence-corrected chi connectivity index (χ4v) is 1.19. The predicted octanol–water partition coefficient (Wildman–Crippen LogP) is 1.54. The first-order chi connectivity index (χ1) is 6.66. The molecule has 0 fully saturated rings. The number of pyridine rings is 2. The quantitative estimate of drug-likeness (QED) is 0.689. The largest absolute Gasteiger partial charge is 0.493 e. The topological polar surface area (TPSA) is 63.1 Å². The third kappa shape index (κ3) is 1.42. The van der Waals surface area contributed by atoms with Gasteiger partial charge in [-0.25, -0.2) is 9.97 Å². The van der Waals surface area contributed by atoms with Gasteiger partial charge in [-0.2, -0.15) is 0 Å². The molecular weight excluding hydrogens is 180 g/mol. The Kier molecular flexibility index (Phi) is 1.89. The molecule has 0 aliphatic rings. The molecule has 70 valence electrons. The first-order valence-corrected chi connectivity index (χ1v) is 4.14. The van der Waals surface area contributed by atoms with Crippen molar-refractivity contribution >= 4 is 16.8 Å². The van der Waals surface area contributed by atoms with Gasteiger partial charge in [-0.05, 0) is 18.2 Å². The second kappa shape index (κ2) is 3.06. The summed E-state index contributed by atoms with van der Waals surface area (Å²) < 4.78 is 0. The van der Waals surface area contributed by atoms with Crippen molar-refractivity contribution < 1.29 is 9.90 Å². The molecule has 4 nitrogen and oxygen atoms in total. The monoisotopic (exact) mass is 188 g/mol. The van der Waals surface area contributed by atoms with Crippen molar-refractivity contribution in [1.82, 2.24) is 9.97 Å². The summed E-state index contributed by atoms with van der Waals surface area (Å²) in [5, 5.41) is 9.10. The summed E-state index contributed by atoms with van der Waals surface area (Å²) in [4.78, 5) is 19.0. The summed E-state index contributed by atoms with van der Waals surface area (Å²) in [5.74, 6) is -0.130. The van der Waals surface area contributed by atoms with Gasteiger partial charge in [-0.15, -0.1) is 0 Å². The fourth-order valence-electron chi connectivity index (χ4n) is 1.19. The Balaban J connectivity index is 2.67. The van der Waals surface area contributed by atoms with Crippen LogP contribution in [0, 0.1) is 0 Å². The molecule has 0 unspecified atom stereocenters. The number of fused-ring (bicyclic) bond motifs is 1. The van der Waals surface area contributed by atoms with Crippen LogP contribution in [0.3, 0.4) is 0 Å². The lowest BCUT2D eigenvalue weighted by Gasteiger charge is -1.99. The Hall–Kier alpha value is -1.97. The molecule has 2 aromatic heterocycles. The molecule has 0 aliphatic carbocycles. The summed E-state index contributed by atoms with van der Waals surface area (Å²) in [7, 11) is 0. The van der Waals surface area contributed by atoms with Crippen molar-refractivity contribution in [3.8, 4) is 5.88 Å². The van der Waals surface area contributed by atoms with Crippen molar-refractivity contribution in [1.29, 1.82) is 0 Å². The van der Waals surface area contributed by atoms with Crippen LogP contribution in [0.15, 0.2) is 24.3 Å². The van der Waals surface area contributed by atoms with E-state index in [2.05, 4.69) is 9.97 Å². The zero-order valence-electron chi connectivity index (χ0n) is 7.56. The predicted molar refractivity (Wildman–Crippen MR) is 51.2 cm³/mol. The summed E-state index contributed by atoms with van der Waals surface area (Å²) >= 11 is 0. The van der Waals surface area contributed by atoms with Gasteiger partial charge in [0.25, 0.3) is 0 Å². The second-order valence-corrected chi connectivity index (χ2v) is 2.96. The van der Waals surface area contributed by atoms with Crippen molar-refractivity contribution in [3.05, 3.63) is 30.0 Å². The molecule has 2 heterocycles. The first kappa shape index (κ1) is 8.62. The van der Waals surface area contributed by atoms with Crippen LogP contribution in [-0.2, 0) is 0 Å². The smallest absolute Gasteiger partial charge is 0.211 e. The SMILES string of the molecule is CC(=O)c1ccc2nc(O)ccc2n1. The highest BCUT2D eigenvalue weighted by atomic mass is 16.3. The van der Waals surface area contributed by atoms with Gasteiger partial charge < -0.3 is 5.11 Å². The number of hydrogen-bond donors (Lipinski definition) is 1. The molecule has 14 heavy (non-hydrogen) atoms. The molecule has 1 N–H and O–H groups in total. The standard InChI is InChI=1S/C10H8N2O2/c1-6(13)7-2-3-9-8(11-7)4-5-10(14)12-9/h2-5H,1H3,(H,12,14).